The lowest BCUT2D eigenvalue weighted by Gasteiger charge is -2.31. The number of hydrogen-bond acceptors (Lipinski definition) is 8. The lowest BCUT2D eigenvalue weighted by Crippen LogP contribution is -2.38. The molecule has 0 fully saturated rings. The van der Waals surface area contributed by atoms with Gasteiger partial charge in [0, 0.05) is 38.9 Å². The highest BCUT2D eigenvalue weighted by molar-refractivity contribution is 6.04. The number of anilines is 1. The normalized spacial score (nSPS) is 30.8. The second kappa shape index (κ2) is 14.7. The summed E-state index contributed by atoms with van der Waals surface area (Å²) in [5.74, 6) is -0.793. The van der Waals surface area contributed by atoms with Crippen LogP contribution in [0.5, 0.6) is 11.5 Å². The van der Waals surface area contributed by atoms with Gasteiger partial charge in [0.15, 0.2) is 6.10 Å². The van der Waals surface area contributed by atoms with Gasteiger partial charge in [0.1, 0.15) is 17.6 Å². The highest BCUT2D eigenvalue weighted by Gasteiger charge is 2.30. The van der Waals surface area contributed by atoms with E-state index in [0.29, 0.717) is 29.6 Å². The Morgan fingerprint density at radius 2 is 1.77 bits per heavy atom. The number of amides is 2. The minimum atomic E-state index is -0.947. The molecule has 5 N–H and O–H groups in total. The van der Waals surface area contributed by atoms with Gasteiger partial charge in [-0.05, 0) is 49.8 Å². The van der Waals surface area contributed by atoms with E-state index in [1.165, 1.54) is 19.2 Å². The van der Waals surface area contributed by atoms with Crippen molar-refractivity contribution in [3.63, 3.8) is 0 Å². The third-order valence-corrected chi connectivity index (χ3v) is 6.88. The molecule has 0 aromatic heterocycles. The highest BCUT2D eigenvalue weighted by Crippen LogP contribution is 2.35. The number of rotatable bonds is 4. The number of nitrogens with one attached hydrogen (secondary N) is 1. The van der Waals surface area contributed by atoms with Crippen LogP contribution in [-0.4, -0.2) is 68.0 Å². The van der Waals surface area contributed by atoms with Gasteiger partial charge in [-0.3, -0.25) is 4.79 Å². The molecule has 216 valence electrons. The maximum Gasteiger partial charge on any atom is 0.405 e. The van der Waals surface area contributed by atoms with E-state index in [4.69, 9.17) is 24.7 Å². The first kappa shape index (κ1) is 31.9. The van der Waals surface area contributed by atoms with Crippen molar-refractivity contribution in [3.8, 4) is 11.5 Å². The van der Waals surface area contributed by atoms with Crippen LogP contribution in [0.2, 0.25) is 0 Å². The first-order valence-corrected chi connectivity index (χ1v) is 12.9. The first-order chi connectivity index (χ1) is 18.4. The molecule has 0 spiro atoms. The van der Waals surface area contributed by atoms with Crippen molar-refractivity contribution in [1.29, 1.82) is 0 Å². The van der Waals surface area contributed by atoms with Gasteiger partial charge in [0.2, 0.25) is 0 Å². The molecule has 0 radical (unpaired) electrons. The predicted molar refractivity (Wildman–Crippen MR) is 149 cm³/mol. The number of aromatic hydroxyl groups is 2. The average Bonchev–Trinajstić information content (AvgIpc) is 2.87. The van der Waals surface area contributed by atoms with Crippen molar-refractivity contribution in [3.05, 3.63) is 53.1 Å². The van der Waals surface area contributed by atoms with Gasteiger partial charge < -0.3 is 40.2 Å². The molecule has 1 heterocycles. The lowest BCUT2D eigenvalue weighted by atomic mass is 9.88. The molecule has 0 unspecified atom stereocenters. The van der Waals surface area contributed by atoms with Crippen molar-refractivity contribution in [2.75, 3.05) is 26.6 Å². The van der Waals surface area contributed by atoms with Crippen molar-refractivity contribution in [1.82, 2.24) is 0 Å². The van der Waals surface area contributed by atoms with Gasteiger partial charge in [-0.25, -0.2) is 4.79 Å². The minimum Gasteiger partial charge on any atom is -0.508 e. The number of fused-ring (bicyclic) bond motifs is 2. The van der Waals surface area contributed by atoms with E-state index in [1.807, 2.05) is 26.8 Å². The van der Waals surface area contributed by atoms with Gasteiger partial charge in [-0.1, -0.05) is 38.2 Å². The van der Waals surface area contributed by atoms with Crippen LogP contribution in [-0.2, 0) is 30.2 Å². The van der Waals surface area contributed by atoms with Crippen molar-refractivity contribution in [2.24, 2.45) is 17.6 Å². The zero-order valence-electron chi connectivity index (χ0n) is 23.8. The molecule has 2 amide bonds. The third kappa shape index (κ3) is 8.84. The third-order valence-electron chi connectivity index (χ3n) is 6.88. The molecule has 2 bridgehead atoms. The molecule has 10 heteroatoms. The molecule has 6 atom stereocenters. The van der Waals surface area contributed by atoms with Crippen LogP contribution >= 0.6 is 0 Å². The quantitative estimate of drug-likeness (QED) is 0.249. The number of allylic oxidation sites excluding steroid dienone is 2. The Morgan fingerprint density at radius 1 is 1.08 bits per heavy atom. The fourth-order valence-corrected chi connectivity index (χ4v) is 4.91. The molecule has 1 aliphatic heterocycles. The summed E-state index contributed by atoms with van der Waals surface area (Å²) in [4.78, 5) is 24.6. The van der Waals surface area contributed by atoms with E-state index in [0.717, 1.165) is 0 Å². The monoisotopic (exact) mass is 546 g/mol. The minimum absolute atomic E-state index is 0.0119. The maximum atomic E-state index is 12.8. The number of ether oxygens (including phenoxy) is 4. The number of benzene rings is 1. The standard InChI is InChI=1S/C29H42N2O8/c1-16-11-20-14-21(32)15-22(25(20)33)31-28(34)17(2)9-8-10-23(36-5)27(39-29(30)35)19(4)13-18(3)26(38-7)24(12-16)37-6/h8-10,13-16,18,23-24,26-27,32-33H,11-12H2,1-7H3,(H2,30,35)(H,31,34)/b10-8-,17-9+,19-13+/t16-,18+,23+,24+,26-,27+/m1/s1. The highest BCUT2D eigenvalue weighted by atomic mass is 16.6. The smallest absolute Gasteiger partial charge is 0.405 e. The Kier molecular flexibility index (Phi) is 12.0. The second-order valence-corrected chi connectivity index (χ2v) is 10.0. The second-order valence-electron chi connectivity index (χ2n) is 10.0. The van der Waals surface area contributed by atoms with Gasteiger partial charge in [-0.15, -0.1) is 0 Å². The van der Waals surface area contributed by atoms with Crippen molar-refractivity contribution < 1.29 is 38.7 Å². The van der Waals surface area contributed by atoms with E-state index in [1.54, 1.807) is 39.4 Å². The molecule has 0 aliphatic carbocycles. The Hall–Kier alpha value is -3.34. The van der Waals surface area contributed by atoms with Crippen LogP contribution in [0.25, 0.3) is 0 Å². The molecule has 10 nitrogen and oxygen atoms in total. The van der Waals surface area contributed by atoms with Gasteiger partial charge in [0.05, 0.1) is 17.9 Å². The summed E-state index contributed by atoms with van der Waals surface area (Å²) in [6.45, 7) is 7.41. The Bertz CT molecular complexity index is 1100. The first-order valence-electron chi connectivity index (χ1n) is 12.9. The summed E-state index contributed by atoms with van der Waals surface area (Å²) in [6, 6.07) is 2.79. The number of methoxy groups -OCH3 is 3. The van der Waals surface area contributed by atoms with Crippen LogP contribution in [0.3, 0.4) is 0 Å². The number of primary amides is 1. The van der Waals surface area contributed by atoms with Crippen LogP contribution in [0.4, 0.5) is 10.5 Å². The molecule has 1 aliphatic rings. The molecule has 0 saturated heterocycles. The van der Waals surface area contributed by atoms with Crippen molar-refractivity contribution in [2.45, 2.75) is 65.0 Å². The molecular formula is C29H42N2O8. The molecule has 1 aromatic carbocycles. The number of phenols is 2. The summed E-state index contributed by atoms with van der Waals surface area (Å²) < 4.78 is 22.7. The fourth-order valence-electron chi connectivity index (χ4n) is 4.91. The lowest BCUT2D eigenvalue weighted by molar-refractivity contribution is -0.112. The number of carbonyl (C=O) groups excluding carboxylic acids is 2. The fraction of sp³-hybridized carbons (Fsp3) is 0.517. The number of phenolic OH excluding ortho intramolecular Hbond substituents is 2. The summed E-state index contributed by atoms with van der Waals surface area (Å²) in [5.41, 5.74) is 7.01. The van der Waals surface area contributed by atoms with Gasteiger partial charge >= 0.3 is 6.09 Å². The molecule has 2 rings (SSSR count). The van der Waals surface area contributed by atoms with Crippen LogP contribution < -0.4 is 11.1 Å². The zero-order valence-corrected chi connectivity index (χ0v) is 23.8. The van der Waals surface area contributed by atoms with Gasteiger partial charge in [-0.2, -0.15) is 0 Å². The summed E-state index contributed by atoms with van der Waals surface area (Å²) in [5, 5.41) is 23.8. The average molecular weight is 547 g/mol. The van der Waals surface area contributed by atoms with E-state index in [-0.39, 0.29) is 41.2 Å². The van der Waals surface area contributed by atoms with Crippen LogP contribution in [0.1, 0.15) is 39.7 Å². The van der Waals surface area contributed by atoms with E-state index in [2.05, 4.69) is 5.32 Å². The SMILES string of the molecule is CO[C@H]1[C@@H](OC)C[C@H](C)Cc2cc(O)cc(c2O)NC(=O)/C(C)=C/C=C\[C@H](OC)[C@@H](OC(N)=O)/C(C)=C/[C@@H]1C. The molecule has 39 heavy (non-hydrogen) atoms. The topological polar surface area (TPSA) is 150 Å². The Labute approximate surface area is 230 Å². The van der Waals surface area contributed by atoms with Crippen molar-refractivity contribution >= 4 is 17.7 Å². The largest absolute Gasteiger partial charge is 0.508 e. The molecular weight excluding hydrogens is 504 g/mol. The molecule has 0 saturated carbocycles. The number of carbonyl (C=O) groups is 2. The summed E-state index contributed by atoms with van der Waals surface area (Å²) in [7, 11) is 4.70. The summed E-state index contributed by atoms with van der Waals surface area (Å²) in [6.07, 6.45) is 4.62. The maximum absolute atomic E-state index is 12.8. The zero-order chi connectivity index (χ0) is 29.3. The number of hydrogen-bond donors (Lipinski definition) is 4. The van der Waals surface area contributed by atoms with E-state index in [9.17, 15) is 19.8 Å². The number of nitrogens with two attached hydrogens (primary N) is 1. The Morgan fingerprint density at radius 3 is 2.36 bits per heavy atom. The van der Waals surface area contributed by atoms with Gasteiger partial charge in [0.25, 0.3) is 5.91 Å². The van der Waals surface area contributed by atoms with Crippen LogP contribution in [0.15, 0.2) is 47.6 Å². The van der Waals surface area contributed by atoms with E-state index >= 15 is 0 Å². The molecule has 1 aromatic rings. The predicted octanol–water partition coefficient (Wildman–Crippen LogP) is 4.21. The van der Waals surface area contributed by atoms with Crippen LogP contribution in [0, 0.1) is 11.8 Å². The summed E-state index contributed by atoms with van der Waals surface area (Å²) >= 11 is 0. The van der Waals surface area contributed by atoms with E-state index < -0.39 is 24.2 Å². The Balaban J connectivity index is 2.62.